The molecule has 1 fully saturated rings. The van der Waals surface area contributed by atoms with Crippen LogP contribution in [0.5, 0.6) is 5.75 Å². The molecule has 4 rings (SSSR count). The van der Waals surface area contributed by atoms with Gasteiger partial charge < -0.3 is 4.18 Å². The van der Waals surface area contributed by atoms with Gasteiger partial charge in [0.2, 0.25) is 0 Å². The molecule has 0 atom stereocenters. The number of hydrogen-bond acceptors (Lipinski definition) is 6. The van der Waals surface area contributed by atoms with Crippen LogP contribution >= 0.6 is 34.8 Å². The molecule has 1 N–H and O–H groups in total. The molecule has 1 aliphatic heterocycles. The Morgan fingerprint density at radius 2 is 1.56 bits per heavy atom. The number of barbiturate groups is 1. The highest BCUT2D eigenvalue weighted by molar-refractivity contribution is 7.87. The molecule has 0 aliphatic carbocycles. The van der Waals surface area contributed by atoms with Gasteiger partial charge in [-0.05, 0) is 72.7 Å². The van der Waals surface area contributed by atoms with E-state index < -0.39 is 28.0 Å². The fourth-order valence-electron chi connectivity index (χ4n) is 3.31. The molecule has 0 unspecified atom stereocenters. The molecule has 0 aromatic heterocycles. The van der Waals surface area contributed by atoms with Crippen molar-refractivity contribution in [1.29, 1.82) is 0 Å². The van der Waals surface area contributed by atoms with E-state index in [2.05, 4.69) is 5.32 Å². The van der Waals surface area contributed by atoms with E-state index in [1.54, 1.807) is 19.1 Å². The minimum Gasteiger partial charge on any atom is -0.377 e. The van der Waals surface area contributed by atoms with Crippen molar-refractivity contribution in [3.63, 3.8) is 0 Å². The summed E-state index contributed by atoms with van der Waals surface area (Å²) in [6.45, 7) is 1.68. The number of nitrogens with zero attached hydrogens (tertiary/aromatic N) is 1. The molecule has 1 heterocycles. The lowest BCUT2D eigenvalue weighted by Crippen LogP contribution is -2.54. The van der Waals surface area contributed by atoms with Gasteiger partial charge in [0, 0.05) is 10.0 Å². The normalized spacial score (nSPS) is 15.3. The fourth-order valence-corrected chi connectivity index (χ4v) is 4.82. The molecule has 1 saturated heterocycles. The van der Waals surface area contributed by atoms with Crippen LogP contribution in [0.1, 0.15) is 11.1 Å². The van der Waals surface area contributed by atoms with Crippen molar-refractivity contribution in [3.05, 3.63) is 92.4 Å². The van der Waals surface area contributed by atoms with Crippen molar-refractivity contribution in [2.75, 3.05) is 4.90 Å². The lowest BCUT2D eigenvalue weighted by Gasteiger charge is -2.27. The van der Waals surface area contributed by atoms with E-state index in [1.807, 2.05) is 0 Å². The first kappa shape index (κ1) is 25.7. The van der Waals surface area contributed by atoms with Crippen LogP contribution in [-0.2, 0) is 19.7 Å². The summed E-state index contributed by atoms with van der Waals surface area (Å²) < 4.78 is 30.2. The van der Waals surface area contributed by atoms with E-state index in [1.165, 1.54) is 54.6 Å². The van der Waals surface area contributed by atoms with Crippen molar-refractivity contribution in [3.8, 4) is 5.75 Å². The van der Waals surface area contributed by atoms with Crippen molar-refractivity contribution >= 4 is 74.5 Å². The van der Waals surface area contributed by atoms with E-state index in [-0.39, 0.29) is 32.5 Å². The molecule has 1 aliphatic rings. The summed E-state index contributed by atoms with van der Waals surface area (Å²) in [5.41, 5.74) is 0.750. The monoisotopic (exact) mass is 564 g/mol. The fraction of sp³-hybridized carbons (Fsp3) is 0.0417. The van der Waals surface area contributed by atoms with Crippen molar-refractivity contribution in [1.82, 2.24) is 5.32 Å². The first-order valence-electron chi connectivity index (χ1n) is 10.1. The molecule has 0 bridgehead atoms. The Morgan fingerprint density at radius 1 is 0.889 bits per heavy atom. The highest BCUT2D eigenvalue weighted by Gasteiger charge is 2.37. The third-order valence-electron chi connectivity index (χ3n) is 5.08. The Hall–Kier alpha value is -3.37. The smallest absolute Gasteiger partial charge is 0.339 e. The van der Waals surface area contributed by atoms with Gasteiger partial charge in [-0.15, -0.1) is 0 Å². The first-order valence-corrected chi connectivity index (χ1v) is 12.7. The number of rotatable bonds is 5. The topological polar surface area (TPSA) is 110 Å². The summed E-state index contributed by atoms with van der Waals surface area (Å²) in [7, 11) is -4.19. The highest BCUT2D eigenvalue weighted by atomic mass is 35.5. The van der Waals surface area contributed by atoms with Gasteiger partial charge in [-0.3, -0.25) is 14.9 Å². The van der Waals surface area contributed by atoms with Crippen molar-refractivity contribution in [2.24, 2.45) is 0 Å². The van der Waals surface area contributed by atoms with Crippen molar-refractivity contribution in [2.45, 2.75) is 11.8 Å². The summed E-state index contributed by atoms with van der Waals surface area (Å²) >= 11 is 18.0. The molecule has 12 heteroatoms. The molecule has 8 nitrogen and oxygen atoms in total. The second-order valence-corrected chi connectivity index (χ2v) is 10.4. The van der Waals surface area contributed by atoms with Gasteiger partial charge in [-0.2, -0.15) is 8.42 Å². The average Bonchev–Trinajstić information content (AvgIpc) is 2.80. The van der Waals surface area contributed by atoms with E-state index >= 15 is 0 Å². The number of hydrogen-bond donors (Lipinski definition) is 1. The molecule has 0 saturated carbocycles. The van der Waals surface area contributed by atoms with Gasteiger partial charge >= 0.3 is 16.1 Å². The zero-order valence-corrected chi connectivity index (χ0v) is 21.4. The summed E-state index contributed by atoms with van der Waals surface area (Å²) in [6.07, 6.45) is 1.22. The van der Waals surface area contributed by atoms with Gasteiger partial charge in [0.05, 0.1) is 10.7 Å². The number of nitrogens with one attached hydrogen (secondary N) is 1. The van der Waals surface area contributed by atoms with E-state index in [4.69, 9.17) is 39.0 Å². The van der Waals surface area contributed by atoms with E-state index in [0.29, 0.717) is 15.6 Å². The molecule has 0 spiro atoms. The minimum atomic E-state index is -4.19. The van der Waals surface area contributed by atoms with Gasteiger partial charge in [-0.25, -0.2) is 9.69 Å². The van der Waals surface area contributed by atoms with Crippen molar-refractivity contribution < 1.29 is 27.0 Å². The first-order chi connectivity index (χ1) is 17.0. The van der Waals surface area contributed by atoms with Crippen LogP contribution in [0.2, 0.25) is 15.1 Å². The van der Waals surface area contributed by atoms with Crippen LogP contribution in [0.4, 0.5) is 10.5 Å². The van der Waals surface area contributed by atoms with Crippen LogP contribution in [0.15, 0.2) is 71.1 Å². The quantitative estimate of drug-likeness (QED) is 0.252. The Morgan fingerprint density at radius 3 is 2.22 bits per heavy atom. The zero-order valence-electron chi connectivity index (χ0n) is 18.3. The standard InChI is InChI=1S/C24H15Cl3N2O6S/c1-13-2-4-16(26)12-20(13)29-23(31)18(22(30)28-24(29)32)10-14-3-9-21(19(27)11-14)35-36(33,34)17-7-5-15(25)6-8-17/h2-12H,1H3,(H,28,30,32)/b18-10+. The largest absolute Gasteiger partial charge is 0.377 e. The highest BCUT2D eigenvalue weighted by Crippen LogP contribution is 2.31. The number of benzene rings is 3. The molecule has 184 valence electrons. The molecule has 4 amide bonds. The summed E-state index contributed by atoms with van der Waals surface area (Å²) in [6, 6.07) is 13.1. The van der Waals surface area contributed by atoms with Crippen LogP contribution in [0, 0.1) is 6.92 Å². The summed E-state index contributed by atoms with van der Waals surface area (Å²) in [4.78, 5) is 38.7. The SMILES string of the molecule is Cc1ccc(Cl)cc1N1C(=O)NC(=O)/C(=C\c2ccc(OS(=O)(=O)c3ccc(Cl)cc3)c(Cl)c2)C1=O. The van der Waals surface area contributed by atoms with E-state index in [0.717, 1.165) is 4.90 Å². The number of amides is 4. The van der Waals surface area contributed by atoms with Crippen LogP contribution < -0.4 is 14.4 Å². The second kappa shape index (κ2) is 9.94. The maximum Gasteiger partial charge on any atom is 0.339 e. The average molecular weight is 566 g/mol. The zero-order chi connectivity index (χ0) is 26.2. The molecular weight excluding hydrogens is 551 g/mol. The maximum atomic E-state index is 13.1. The number of urea groups is 1. The molecule has 3 aromatic carbocycles. The Kier molecular flexibility index (Phi) is 7.10. The number of aryl methyl sites for hydroxylation is 1. The van der Waals surface area contributed by atoms with Gasteiger partial charge in [0.15, 0.2) is 5.75 Å². The second-order valence-electron chi connectivity index (χ2n) is 7.57. The maximum absolute atomic E-state index is 13.1. The minimum absolute atomic E-state index is 0.0934. The number of anilines is 1. The number of carbonyl (C=O) groups is 3. The number of halogens is 3. The molecule has 36 heavy (non-hydrogen) atoms. The predicted molar refractivity (Wildman–Crippen MR) is 136 cm³/mol. The van der Waals surface area contributed by atoms with Gasteiger partial charge in [0.25, 0.3) is 11.8 Å². The van der Waals surface area contributed by atoms with Crippen LogP contribution in [0.25, 0.3) is 6.08 Å². The van der Waals surface area contributed by atoms with Crippen LogP contribution in [0.3, 0.4) is 0 Å². The van der Waals surface area contributed by atoms with Gasteiger partial charge in [-0.1, -0.05) is 46.9 Å². The predicted octanol–water partition coefficient (Wildman–Crippen LogP) is 5.39. The van der Waals surface area contributed by atoms with Gasteiger partial charge in [0.1, 0.15) is 10.5 Å². The lowest BCUT2D eigenvalue weighted by atomic mass is 10.1. The molecule has 3 aromatic rings. The lowest BCUT2D eigenvalue weighted by molar-refractivity contribution is -0.122. The third kappa shape index (κ3) is 5.24. The Balaban J connectivity index is 1.64. The molecular formula is C24H15Cl3N2O6S. The summed E-state index contributed by atoms with van der Waals surface area (Å²) in [5, 5.41) is 2.69. The Bertz CT molecular complexity index is 1550. The number of imide groups is 2. The third-order valence-corrected chi connectivity index (χ3v) is 7.11. The summed E-state index contributed by atoms with van der Waals surface area (Å²) in [5.74, 6) is -1.93. The number of carbonyl (C=O) groups excluding carboxylic acids is 3. The molecule has 0 radical (unpaired) electrons. The Labute approximate surface area is 221 Å². The van der Waals surface area contributed by atoms with E-state index in [9.17, 15) is 22.8 Å². The van der Waals surface area contributed by atoms with Crippen LogP contribution in [-0.4, -0.2) is 26.3 Å².